The van der Waals surface area contributed by atoms with Crippen LogP contribution in [0.2, 0.25) is 0 Å². The minimum Gasteiger partial charge on any atom is -0.497 e. The van der Waals surface area contributed by atoms with Crippen LogP contribution in [0.5, 0.6) is 11.5 Å². The maximum absolute atomic E-state index is 12.1. The third-order valence-corrected chi connectivity index (χ3v) is 1.90. The van der Waals surface area contributed by atoms with Crippen molar-refractivity contribution in [2.24, 2.45) is 5.73 Å². The highest BCUT2D eigenvalue weighted by Gasteiger charge is 1.98. The van der Waals surface area contributed by atoms with Gasteiger partial charge in [0.1, 0.15) is 18.1 Å². The summed E-state index contributed by atoms with van der Waals surface area (Å²) in [5.41, 5.74) is 5.71. The molecule has 3 nitrogen and oxygen atoms in total. The van der Waals surface area contributed by atoms with Gasteiger partial charge < -0.3 is 15.2 Å². The van der Waals surface area contributed by atoms with Crippen molar-refractivity contribution in [2.45, 2.75) is 0 Å². The van der Waals surface area contributed by atoms with E-state index >= 15 is 0 Å². The van der Waals surface area contributed by atoms with Crippen molar-refractivity contribution in [2.75, 3.05) is 20.3 Å². The average Bonchev–Trinajstić information content (AvgIpc) is 2.31. The third-order valence-electron chi connectivity index (χ3n) is 1.90. The number of ether oxygens (including phenoxy) is 2. The van der Waals surface area contributed by atoms with E-state index in [4.69, 9.17) is 15.2 Å². The standard InChI is InChI=1S/C11H14FNO2/c1-14-10-2-4-11(5-3-10)15-8-9(6-12)7-13/h2-6H,7-8,13H2,1H3/b9-6-. The molecule has 15 heavy (non-hydrogen) atoms. The van der Waals surface area contributed by atoms with E-state index < -0.39 is 0 Å². The van der Waals surface area contributed by atoms with Gasteiger partial charge in [0, 0.05) is 12.1 Å². The minimum absolute atomic E-state index is 0.159. The molecule has 0 aliphatic carbocycles. The lowest BCUT2D eigenvalue weighted by molar-refractivity contribution is 0.346. The minimum atomic E-state index is 0.159. The Bertz CT molecular complexity index is 322. The highest BCUT2D eigenvalue weighted by molar-refractivity contribution is 5.31. The molecule has 0 atom stereocenters. The fourth-order valence-electron chi connectivity index (χ4n) is 0.983. The SMILES string of the molecule is COc1ccc(OC/C(=C\F)CN)cc1. The number of rotatable bonds is 5. The maximum Gasteiger partial charge on any atom is 0.120 e. The molecular formula is C11H14FNO2. The second kappa shape index (κ2) is 6.03. The largest absolute Gasteiger partial charge is 0.497 e. The van der Waals surface area contributed by atoms with E-state index in [0.717, 1.165) is 5.75 Å². The van der Waals surface area contributed by atoms with Crippen LogP contribution < -0.4 is 15.2 Å². The summed E-state index contributed by atoms with van der Waals surface area (Å²) in [7, 11) is 1.59. The van der Waals surface area contributed by atoms with Crippen molar-refractivity contribution in [3.8, 4) is 11.5 Å². The van der Waals surface area contributed by atoms with E-state index in [-0.39, 0.29) is 13.2 Å². The van der Waals surface area contributed by atoms with Crippen LogP contribution in [0.3, 0.4) is 0 Å². The number of methoxy groups -OCH3 is 1. The first-order valence-electron chi connectivity index (χ1n) is 4.55. The summed E-state index contributed by atoms with van der Waals surface area (Å²) in [6, 6.07) is 7.06. The molecule has 0 unspecified atom stereocenters. The number of nitrogens with two attached hydrogens (primary N) is 1. The topological polar surface area (TPSA) is 44.5 Å². The Morgan fingerprint density at radius 2 is 1.93 bits per heavy atom. The van der Waals surface area contributed by atoms with Crippen LogP contribution in [0.1, 0.15) is 0 Å². The van der Waals surface area contributed by atoms with E-state index in [9.17, 15) is 4.39 Å². The second-order valence-corrected chi connectivity index (χ2v) is 2.94. The molecule has 1 rings (SSSR count). The molecule has 0 bridgehead atoms. The van der Waals surface area contributed by atoms with Crippen molar-refractivity contribution in [3.63, 3.8) is 0 Å². The molecule has 0 radical (unpaired) electrons. The Morgan fingerprint density at radius 1 is 1.33 bits per heavy atom. The number of hydrogen-bond donors (Lipinski definition) is 1. The van der Waals surface area contributed by atoms with Gasteiger partial charge in [0.2, 0.25) is 0 Å². The molecule has 82 valence electrons. The summed E-state index contributed by atoms with van der Waals surface area (Å²) in [4.78, 5) is 0. The van der Waals surface area contributed by atoms with Gasteiger partial charge in [-0.15, -0.1) is 0 Å². The molecule has 1 aromatic carbocycles. The first-order valence-corrected chi connectivity index (χ1v) is 4.55. The second-order valence-electron chi connectivity index (χ2n) is 2.94. The first-order chi connectivity index (χ1) is 7.30. The van der Waals surface area contributed by atoms with Gasteiger partial charge in [-0.2, -0.15) is 0 Å². The van der Waals surface area contributed by atoms with Crippen molar-refractivity contribution < 1.29 is 13.9 Å². The van der Waals surface area contributed by atoms with Crippen LogP contribution in [-0.2, 0) is 0 Å². The van der Waals surface area contributed by atoms with E-state index in [0.29, 0.717) is 17.7 Å². The van der Waals surface area contributed by atoms with E-state index in [1.54, 1.807) is 31.4 Å². The molecule has 0 aliphatic rings. The Hall–Kier alpha value is -1.55. The van der Waals surface area contributed by atoms with Crippen molar-refractivity contribution in [3.05, 3.63) is 36.2 Å². The zero-order chi connectivity index (χ0) is 11.1. The quantitative estimate of drug-likeness (QED) is 0.808. The monoisotopic (exact) mass is 211 g/mol. The molecule has 0 saturated heterocycles. The molecule has 0 aliphatic heterocycles. The van der Waals surface area contributed by atoms with Gasteiger partial charge in [0.25, 0.3) is 0 Å². The molecule has 0 heterocycles. The highest BCUT2D eigenvalue weighted by Crippen LogP contribution is 2.17. The fourth-order valence-corrected chi connectivity index (χ4v) is 0.983. The van der Waals surface area contributed by atoms with Gasteiger partial charge in [0.05, 0.1) is 13.4 Å². The molecule has 1 aromatic rings. The predicted molar refractivity (Wildman–Crippen MR) is 56.7 cm³/mol. The summed E-state index contributed by atoms with van der Waals surface area (Å²) in [6.45, 7) is 0.325. The Morgan fingerprint density at radius 3 is 2.40 bits per heavy atom. The lowest BCUT2D eigenvalue weighted by Crippen LogP contribution is -2.10. The molecule has 2 N–H and O–H groups in total. The van der Waals surface area contributed by atoms with Crippen LogP contribution in [0.15, 0.2) is 36.2 Å². The predicted octanol–water partition coefficient (Wildman–Crippen LogP) is 1.89. The van der Waals surface area contributed by atoms with Gasteiger partial charge in [-0.25, -0.2) is 4.39 Å². The number of hydrogen-bond acceptors (Lipinski definition) is 3. The zero-order valence-electron chi connectivity index (χ0n) is 8.57. The normalized spacial score (nSPS) is 11.3. The van der Waals surface area contributed by atoms with Crippen molar-refractivity contribution >= 4 is 0 Å². The van der Waals surface area contributed by atoms with E-state index in [2.05, 4.69) is 0 Å². The molecular weight excluding hydrogens is 197 g/mol. The molecule has 0 aromatic heterocycles. The summed E-state index contributed by atoms with van der Waals surface area (Å²) < 4.78 is 22.4. The fraction of sp³-hybridized carbons (Fsp3) is 0.273. The Labute approximate surface area is 88.3 Å². The van der Waals surface area contributed by atoms with Crippen LogP contribution in [0.25, 0.3) is 0 Å². The summed E-state index contributed by atoms with van der Waals surface area (Å²) in [5.74, 6) is 1.41. The summed E-state index contributed by atoms with van der Waals surface area (Å²) in [6.07, 6.45) is 0.476. The van der Waals surface area contributed by atoms with Gasteiger partial charge in [-0.05, 0) is 24.3 Å². The summed E-state index contributed by atoms with van der Waals surface area (Å²) >= 11 is 0. The van der Waals surface area contributed by atoms with Crippen LogP contribution >= 0.6 is 0 Å². The Kier molecular flexibility index (Phi) is 4.63. The highest BCUT2D eigenvalue weighted by atomic mass is 19.1. The lowest BCUT2D eigenvalue weighted by atomic mass is 10.3. The molecule has 0 fully saturated rings. The van der Waals surface area contributed by atoms with E-state index in [1.807, 2.05) is 0 Å². The first kappa shape index (κ1) is 11.5. The number of benzene rings is 1. The van der Waals surface area contributed by atoms with Crippen LogP contribution in [0, 0.1) is 0 Å². The molecule has 0 spiro atoms. The van der Waals surface area contributed by atoms with Crippen molar-refractivity contribution in [1.29, 1.82) is 0 Å². The molecule has 0 saturated carbocycles. The smallest absolute Gasteiger partial charge is 0.120 e. The third kappa shape index (κ3) is 3.59. The van der Waals surface area contributed by atoms with Crippen LogP contribution in [0.4, 0.5) is 4.39 Å². The molecule has 0 amide bonds. The Balaban J connectivity index is 2.51. The zero-order valence-corrected chi connectivity index (χ0v) is 8.57. The van der Waals surface area contributed by atoms with Crippen molar-refractivity contribution in [1.82, 2.24) is 0 Å². The van der Waals surface area contributed by atoms with Gasteiger partial charge in [-0.3, -0.25) is 0 Å². The van der Waals surface area contributed by atoms with E-state index in [1.165, 1.54) is 0 Å². The van der Waals surface area contributed by atoms with Gasteiger partial charge >= 0.3 is 0 Å². The van der Waals surface area contributed by atoms with Crippen LogP contribution in [-0.4, -0.2) is 20.3 Å². The summed E-state index contributed by atoms with van der Waals surface area (Å²) in [5, 5.41) is 0. The molecule has 4 heteroatoms. The van der Waals surface area contributed by atoms with Gasteiger partial charge in [0.15, 0.2) is 0 Å². The lowest BCUT2D eigenvalue weighted by Gasteiger charge is -2.07. The maximum atomic E-state index is 12.1. The van der Waals surface area contributed by atoms with Gasteiger partial charge in [-0.1, -0.05) is 0 Å². The average molecular weight is 211 g/mol. The number of halogens is 1.